The third-order valence-corrected chi connectivity index (χ3v) is 3.76. The molecule has 22 heavy (non-hydrogen) atoms. The minimum atomic E-state index is -0.511. The molecule has 1 aromatic rings. The summed E-state index contributed by atoms with van der Waals surface area (Å²) in [7, 11) is 1.59. The zero-order chi connectivity index (χ0) is 16.3. The van der Waals surface area contributed by atoms with Crippen LogP contribution in [0.25, 0.3) is 0 Å². The summed E-state index contributed by atoms with van der Waals surface area (Å²) in [6, 6.07) is 7.13. The normalized spacial score (nSPS) is 18.6. The number of carbonyl (C=O) groups excluding carboxylic acids is 2. The number of methoxy groups -OCH3 is 1. The molecule has 120 valence electrons. The van der Waals surface area contributed by atoms with Crippen LogP contribution in [0.2, 0.25) is 0 Å². The van der Waals surface area contributed by atoms with E-state index in [-0.39, 0.29) is 24.3 Å². The quantitative estimate of drug-likeness (QED) is 0.822. The van der Waals surface area contributed by atoms with Gasteiger partial charge in [0.1, 0.15) is 5.75 Å². The van der Waals surface area contributed by atoms with Gasteiger partial charge in [-0.1, -0.05) is 12.1 Å². The van der Waals surface area contributed by atoms with Crippen LogP contribution < -0.4 is 20.7 Å². The Morgan fingerprint density at radius 1 is 1.45 bits per heavy atom. The molecule has 3 N–H and O–H groups in total. The summed E-state index contributed by atoms with van der Waals surface area (Å²) in [5.74, 6) is 0.277. The number of anilines is 1. The van der Waals surface area contributed by atoms with Gasteiger partial charge in [-0.15, -0.1) is 0 Å². The minimum absolute atomic E-state index is 0.0120. The van der Waals surface area contributed by atoms with E-state index >= 15 is 0 Å². The van der Waals surface area contributed by atoms with E-state index in [0.717, 1.165) is 5.69 Å². The van der Waals surface area contributed by atoms with Crippen molar-refractivity contribution in [2.24, 2.45) is 5.73 Å². The van der Waals surface area contributed by atoms with Gasteiger partial charge in [0.15, 0.2) is 0 Å². The van der Waals surface area contributed by atoms with Crippen molar-refractivity contribution in [3.05, 3.63) is 24.3 Å². The monoisotopic (exact) mass is 305 g/mol. The van der Waals surface area contributed by atoms with Crippen LogP contribution in [0.15, 0.2) is 24.3 Å². The van der Waals surface area contributed by atoms with Crippen molar-refractivity contribution in [1.82, 2.24) is 5.32 Å². The lowest BCUT2D eigenvalue weighted by molar-refractivity contribution is -0.121. The van der Waals surface area contributed by atoms with Crippen LogP contribution in [0.4, 0.5) is 5.69 Å². The largest absolute Gasteiger partial charge is 0.495 e. The van der Waals surface area contributed by atoms with Gasteiger partial charge in [0.05, 0.1) is 18.8 Å². The number of hydrogen-bond acceptors (Lipinski definition) is 4. The number of benzene rings is 1. The summed E-state index contributed by atoms with van der Waals surface area (Å²) in [4.78, 5) is 25.5. The van der Waals surface area contributed by atoms with Crippen molar-refractivity contribution in [1.29, 1.82) is 0 Å². The smallest absolute Gasteiger partial charge is 0.244 e. The summed E-state index contributed by atoms with van der Waals surface area (Å²) in [5.41, 5.74) is 5.51. The molecule has 1 heterocycles. The first-order valence-corrected chi connectivity index (χ1v) is 7.34. The molecule has 0 spiro atoms. The highest BCUT2D eigenvalue weighted by Crippen LogP contribution is 2.31. The van der Waals surface area contributed by atoms with Crippen LogP contribution in [0.5, 0.6) is 5.75 Å². The fourth-order valence-corrected chi connectivity index (χ4v) is 2.86. The molecule has 1 aliphatic rings. The minimum Gasteiger partial charge on any atom is -0.495 e. The third kappa shape index (κ3) is 3.57. The van der Waals surface area contributed by atoms with Crippen LogP contribution >= 0.6 is 0 Å². The number of nitrogens with zero attached hydrogens (tertiary/aromatic N) is 1. The van der Waals surface area contributed by atoms with Gasteiger partial charge < -0.3 is 20.7 Å². The molecule has 1 aromatic carbocycles. The summed E-state index contributed by atoms with van der Waals surface area (Å²) in [6.45, 7) is 4.36. The summed E-state index contributed by atoms with van der Waals surface area (Å²) in [5, 5.41) is 3.24. The number of nitrogens with two attached hydrogens (primary N) is 1. The second-order valence-corrected chi connectivity index (χ2v) is 6.17. The van der Waals surface area contributed by atoms with Crippen molar-refractivity contribution >= 4 is 17.5 Å². The van der Waals surface area contributed by atoms with Gasteiger partial charge in [-0.25, -0.2) is 0 Å². The predicted molar refractivity (Wildman–Crippen MR) is 84.8 cm³/mol. The highest BCUT2D eigenvalue weighted by Gasteiger charge is 2.37. The molecule has 1 fully saturated rings. The van der Waals surface area contributed by atoms with Crippen LogP contribution in [0, 0.1) is 0 Å². The molecular formula is C16H23N3O3. The first kappa shape index (κ1) is 16.3. The Hall–Kier alpha value is -2.08. The Kier molecular flexibility index (Phi) is 4.71. The van der Waals surface area contributed by atoms with Gasteiger partial charge in [-0.3, -0.25) is 9.59 Å². The summed E-state index contributed by atoms with van der Waals surface area (Å²) in [6.07, 6.45) is 0.866. The van der Waals surface area contributed by atoms with E-state index in [9.17, 15) is 9.59 Å². The molecule has 6 nitrogen and oxygen atoms in total. The lowest BCUT2D eigenvalue weighted by atomic mass is 9.98. The van der Waals surface area contributed by atoms with E-state index in [1.165, 1.54) is 0 Å². The van der Waals surface area contributed by atoms with Gasteiger partial charge in [-0.05, 0) is 32.4 Å². The zero-order valence-corrected chi connectivity index (χ0v) is 13.3. The number of hydrogen-bond donors (Lipinski definition) is 2. The number of amides is 2. The molecule has 0 aliphatic carbocycles. The maximum Gasteiger partial charge on any atom is 0.244 e. The Morgan fingerprint density at radius 3 is 2.77 bits per heavy atom. The molecular weight excluding hydrogens is 282 g/mol. The molecule has 0 saturated carbocycles. The van der Waals surface area contributed by atoms with Gasteiger partial charge in [0, 0.05) is 18.5 Å². The highest BCUT2D eigenvalue weighted by atomic mass is 16.5. The topological polar surface area (TPSA) is 84.7 Å². The number of ether oxygens (including phenoxy) is 1. The maximum atomic E-state index is 12.6. The Balaban J connectivity index is 2.11. The standard InChI is InChI=1S/C16H23N3O3/c1-16(2,10-14(17)20)18-11-8-9-19(15(11)21)12-6-4-5-7-13(12)22-3/h4-7,11,18H,8-10H2,1-3H3,(H2,17,20). The molecule has 0 bridgehead atoms. The van der Waals surface area contributed by atoms with Crippen LogP contribution in [0.1, 0.15) is 26.7 Å². The van der Waals surface area contributed by atoms with Crippen molar-refractivity contribution in [3.8, 4) is 5.75 Å². The molecule has 1 atom stereocenters. The fraction of sp³-hybridized carbons (Fsp3) is 0.500. The lowest BCUT2D eigenvalue weighted by Gasteiger charge is -2.28. The first-order chi connectivity index (χ1) is 10.3. The Morgan fingerprint density at radius 2 is 2.14 bits per heavy atom. The van der Waals surface area contributed by atoms with E-state index in [1.807, 2.05) is 38.1 Å². The first-order valence-electron chi connectivity index (χ1n) is 7.34. The number of rotatable bonds is 6. The van der Waals surface area contributed by atoms with E-state index < -0.39 is 5.54 Å². The Bertz CT molecular complexity index is 572. The van der Waals surface area contributed by atoms with E-state index in [2.05, 4.69) is 5.32 Å². The highest BCUT2D eigenvalue weighted by molar-refractivity contribution is 6.00. The van der Waals surface area contributed by atoms with Crippen LogP contribution in [0.3, 0.4) is 0 Å². The Labute approximate surface area is 130 Å². The van der Waals surface area contributed by atoms with Crippen LogP contribution in [-0.4, -0.2) is 37.0 Å². The number of nitrogens with one attached hydrogen (secondary N) is 1. The summed E-state index contributed by atoms with van der Waals surface area (Å²) < 4.78 is 5.32. The summed E-state index contributed by atoms with van der Waals surface area (Å²) >= 11 is 0. The van der Waals surface area contributed by atoms with Gasteiger partial charge in [-0.2, -0.15) is 0 Å². The van der Waals surface area contributed by atoms with E-state index in [0.29, 0.717) is 18.7 Å². The van der Waals surface area contributed by atoms with Crippen molar-refractivity contribution < 1.29 is 14.3 Å². The van der Waals surface area contributed by atoms with Crippen molar-refractivity contribution in [2.45, 2.75) is 38.3 Å². The predicted octanol–water partition coefficient (Wildman–Crippen LogP) is 1.04. The fourth-order valence-electron chi connectivity index (χ4n) is 2.86. The number of carbonyl (C=O) groups is 2. The van der Waals surface area contributed by atoms with Gasteiger partial charge in [0.2, 0.25) is 11.8 Å². The second kappa shape index (κ2) is 6.36. The zero-order valence-electron chi connectivity index (χ0n) is 13.3. The molecule has 1 saturated heterocycles. The van der Waals surface area contributed by atoms with E-state index in [1.54, 1.807) is 12.0 Å². The van der Waals surface area contributed by atoms with Gasteiger partial charge >= 0.3 is 0 Å². The second-order valence-electron chi connectivity index (χ2n) is 6.17. The van der Waals surface area contributed by atoms with Crippen LogP contribution in [-0.2, 0) is 9.59 Å². The molecule has 1 unspecified atom stereocenters. The van der Waals surface area contributed by atoms with E-state index in [4.69, 9.17) is 10.5 Å². The van der Waals surface area contributed by atoms with Gasteiger partial charge in [0.25, 0.3) is 0 Å². The number of para-hydroxylation sites is 2. The van der Waals surface area contributed by atoms with Crippen molar-refractivity contribution in [2.75, 3.05) is 18.6 Å². The molecule has 1 aliphatic heterocycles. The third-order valence-electron chi connectivity index (χ3n) is 3.76. The average molecular weight is 305 g/mol. The maximum absolute atomic E-state index is 12.6. The lowest BCUT2D eigenvalue weighted by Crippen LogP contribution is -2.51. The molecule has 2 rings (SSSR count). The number of primary amides is 1. The SMILES string of the molecule is COc1ccccc1N1CCC(NC(C)(C)CC(N)=O)C1=O. The molecule has 2 amide bonds. The average Bonchev–Trinajstić information content (AvgIpc) is 2.78. The molecule has 6 heteroatoms. The van der Waals surface area contributed by atoms with Crippen molar-refractivity contribution in [3.63, 3.8) is 0 Å². The molecule has 0 aromatic heterocycles. The molecule has 0 radical (unpaired) electrons.